The van der Waals surface area contributed by atoms with Crippen LogP contribution in [0.2, 0.25) is 0 Å². The van der Waals surface area contributed by atoms with Gasteiger partial charge in [-0.15, -0.1) is 0 Å². The van der Waals surface area contributed by atoms with Gasteiger partial charge in [-0.25, -0.2) is 0 Å². The number of aliphatic hydroxyl groups is 4. The lowest BCUT2D eigenvalue weighted by Gasteiger charge is -2.32. The Balaban J connectivity index is 4.53. The Labute approximate surface area is 123 Å². The zero-order chi connectivity index (χ0) is 17.7. The van der Waals surface area contributed by atoms with Gasteiger partial charge >= 0.3 is 0 Å². The first-order valence-electron chi connectivity index (χ1n) is 5.33. The van der Waals surface area contributed by atoms with E-state index in [4.69, 9.17) is 0 Å². The summed E-state index contributed by atoms with van der Waals surface area (Å²) in [7, 11) is -11.0. The topological polar surface area (TPSA) is 243 Å². The third-order valence-electron chi connectivity index (χ3n) is 2.17. The van der Waals surface area contributed by atoms with Crippen molar-refractivity contribution in [1.29, 1.82) is 0 Å². The summed E-state index contributed by atoms with van der Waals surface area (Å²) in [5.74, 6) is -1.52. The Morgan fingerprint density at radius 3 is 1.77 bits per heavy atom. The Morgan fingerprint density at radius 1 is 0.909 bits per heavy atom. The largest absolute Gasteiger partial charge is 0.790 e. The van der Waals surface area contributed by atoms with Gasteiger partial charge in [0.05, 0.1) is 22.3 Å². The Hall–Kier alpha value is -0.270. The van der Waals surface area contributed by atoms with E-state index in [1.807, 2.05) is 0 Å². The Bertz CT molecular complexity index is 453. The monoisotopic (exact) mass is 366 g/mol. The van der Waals surface area contributed by atoms with Crippen LogP contribution in [0.3, 0.4) is 0 Å². The van der Waals surface area contributed by atoms with E-state index >= 15 is 0 Å². The molecule has 0 amide bonds. The predicted molar refractivity (Wildman–Crippen MR) is 56.2 cm³/mol. The molecule has 4 atom stereocenters. The standard InChI is InChI=1S/C7H16O13P2/c8-3(1-19-21(13,14)15)5(10)7(12)6(11)4(9)2-20-22(16,17)18/h3,5-8,10-12H,1-2H2,(H2,13,14,15)(H2,16,17,18)/p-4/t3-,5-,6-,7-/m1/s1. The highest BCUT2D eigenvalue weighted by molar-refractivity contribution is 7.43. The van der Waals surface area contributed by atoms with Gasteiger partial charge in [0.2, 0.25) is 0 Å². The second-order valence-corrected chi connectivity index (χ2v) is 6.23. The number of phosphoric ester groups is 2. The molecule has 0 aromatic carbocycles. The van der Waals surface area contributed by atoms with Crippen molar-refractivity contribution in [3.63, 3.8) is 0 Å². The lowest BCUT2D eigenvalue weighted by atomic mass is 10.0. The third kappa shape index (κ3) is 9.00. The van der Waals surface area contributed by atoms with Gasteiger partial charge in [-0.1, -0.05) is 0 Å². The summed E-state index contributed by atoms with van der Waals surface area (Å²) < 4.78 is 27.4. The molecule has 132 valence electrons. The second kappa shape index (κ2) is 8.55. The van der Waals surface area contributed by atoms with Crippen LogP contribution in [0.1, 0.15) is 0 Å². The number of rotatable bonds is 10. The van der Waals surface area contributed by atoms with Gasteiger partial charge < -0.3 is 58.2 Å². The summed E-state index contributed by atoms with van der Waals surface area (Å²) in [6, 6.07) is 0. The van der Waals surface area contributed by atoms with Crippen LogP contribution in [0.15, 0.2) is 0 Å². The minimum Gasteiger partial charge on any atom is -0.790 e. The van der Waals surface area contributed by atoms with Crippen LogP contribution >= 0.6 is 15.6 Å². The van der Waals surface area contributed by atoms with Crippen LogP contribution in [0.5, 0.6) is 0 Å². The first-order chi connectivity index (χ1) is 9.74. The highest BCUT2D eigenvalue weighted by atomic mass is 31.2. The van der Waals surface area contributed by atoms with Gasteiger partial charge in [0, 0.05) is 0 Å². The lowest BCUT2D eigenvalue weighted by molar-refractivity contribution is -0.344. The van der Waals surface area contributed by atoms with Gasteiger partial charge in [-0.3, -0.25) is 4.79 Å². The van der Waals surface area contributed by atoms with Crippen molar-refractivity contribution in [2.45, 2.75) is 24.4 Å². The SMILES string of the molecule is O=C(COP(=O)([O-])[O-])[C@@H](O)[C@H](O)[C@H](O)[C@H](O)COP(=O)([O-])[O-]. The van der Waals surface area contributed by atoms with E-state index in [9.17, 15) is 53.9 Å². The van der Waals surface area contributed by atoms with Crippen molar-refractivity contribution in [3.05, 3.63) is 0 Å². The van der Waals surface area contributed by atoms with Crippen molar-refractivity contribution in [1.82, 2.24) is 0 Å². The first kappa shape index (κ1) is 21.7. The molecule has 0 aromatic heterocycles. The van der Waals surface area contributed by atoms with Crippen molar-refractivity contribution < 1.29 is 63.0 Å². The van der Waals surface area contributed by atoms with Crippen LogP contribution in [0.4, 0.5) is 0 Å². The van der Waals surface area contributed by atoms with Crippen LogP contribution in [-0.4, -0.2) is 63.8 Å². The molecule has 0 radical (unpaired) electrons. The molecule has 15 heteroatoms. The molecule has 0 aliphatic carbocycles. The zero-order valence-corrected chi connectivity index (χ0v) is 12.4. The first-order valence-corrected chi connectivity index (χ1v) is 8.25. The average molecular weight is 366 g/mol. The lowest BCUT2D eigenvalue weighted by Crippen LogP contribution is -2.49. The van der Waals surface area contributed by atoms with E-state index in [2.05, 4.69) is 9.05 Å². The van der Waals surface area contributed by atoms with E-state index in [0.29, 0.717) is 0 Å². The smallest absolute Gasteiger partial charge is 0.189 e. The van der Waals surface area contributed by atoms with Crippen molar-refractivity contribution in [3.8, 4) is 0 Å². The van der Waals surface area contributed by atoms with Gasteiger partial charge in [0.15, 0.2) is 5.78 Å². The minimum absolute atomic E-state index is 1.27. The van der Waals surface area contributed by atoms with Gasteiger partial charge in [0.25, 0.3) is 0 Å². The molecule has 0 aromatic rings. The van der Waals surface area contributed by atoms with E-state index < -0.39 is 59.1 Å². The molecule has 0 aliphatic rings. The van der Waals surface area contributed by atoms with E-state index in [1.54, 1.807) is 0 Å². The molecule has 0 saturated heterocycles. The second-order valence-electron chi connectivity index (χ2n) is 3.92. The molecule has 4 N–H and O–H groups in total. The molecule has 0 unspecified atom stereocenters. The van der Waals surface area contributed by atoms with E-state index in [1.165, 1.54) is 0 Å². The van der Waals surface area contributed by atoms with Crippen molar-refractivity contribution >= 4 is 21.4 Å². The summed E-state index contributed by atoms with van der Waals surface area (Å²) in [4.78, 5) is 51.7. The summed E-state index contributed by atoms with van der Waals surface area (Å²) in [6.07, 6.45) is -9.40. The predicted octanol–water partition coefficient (Wildman–Crippen LogP) is -6.31. The molecule has 22 heavy (non-hydrogen) atoms. The molecule has 0 heterocycles. The Morgan fingerprint density at radius 2 is 1.36 bits per heavy atom. The molecular formula is C7H12O13P2-4. The fourth-order valence-corrected chi connectivity index (χ4v) is 1.72. The summed E-state index contributed by atoms with van der Waals surface area (Å²) >= 11 is 0. The molecule has 0 aliphatic heterocycles. The number of aliphatic hydroxyl groups excluding tert-OH is 4. The van der Waals surface area contributed by atoms with E-state index in [0.717, 1.165) is 0 Å². The number of carbonyl (C=O) groups excluding carboxylic acids is 1. The molecule has 0 rings (SSSR count). The van der Waals surface area contributed by atoms with Crippen LogP contribution in [0.25, 0.3) is 0 Å². The Kier molecular flexibility index (Phi) is 8.44. The number of Topliss-reactive ketones (excluding diaryl/α,β-unsaturated/α-hetero) is 1. The fraction of sp³-hybridized carbons (Fsp3) is 0.857. The number of hydrogen-bond acceptors (Lipinski definition) is 13. The maximum atomic E-state index is 11.2. The molecule has 0 saturated carbocycles. The zero-order valence-electron chi connectivity index (χ0n) is 10.6. The number of phosphoric acid groups is 2. The molecule has 0 fully saturated rings. The van der Waals surface area contributed by atoms with Gasteiger partial charge in [-0.05, 0) is 0 Å². The summed E-state index contributed by atoms with van der Waals surface area (Å²) in [5, 5.41) is 37.1. The summed E-state index contributed by atoms with van der Waals surface area (Å²) in [5.41, 5.74) is 0. The highest BCUT2D eigenvalue weighted by Crippen LogP contribution is 2.26. The van der Waals surface area contributed by atoms with Gasteiger partial charge in [-0.2, -0.15) is 0 Å². The van der Waals surface area contributed by atoms with Crippen molar-refractivity contribution in [2.24, 2.45) is 0 Å². The highest BCUT2D eigenvalue weighted by Gasteiger charge is 2.34. The number of ketones is 1. The number of carbonyl (C=O) groups is 1. The average Bonchev–Trinajstić information content (AvgIpc) is 2.37. The fourth-order valence-electron chi connectivity index (χ4n) is 1.10. The quantitative estimate of drug-likeness (QED) is 0.263. The van der Waals surface area contributed by atoms with Gasteiger partial charge in [0.1, 0.15) is 31.0 Å². The minimum atomic E-state index is -5.51. The van der Waals surface area contributed by atoms with Crippen LogP contribution in [0, 0.1) is 0 Å². The van der Waals surface area contributed by atoms with Crippen LogP contribution in [-0.2, 0) is 23.0 Å². The molecule has 0 spiro atoms. The molecular weight excluding hydrogens is 354 g/mol. The maximum absolute atomic E-state index is 11.2. The van der Waals surface area contributed by atoms with Crippen LogP contribution < -0.4 is 19.6 Å². The normalized spacial score (nSPS) is 18.5. The summed E-state index contributed by atoms with van der Waals surface area (Å²) in [6.45, 7) is -2.70. The van der Waals surface area contributed by atoms with Crippen molar-refractivity contribution in [2.75, 3.05) is 13.2 Å². The molecule has 0 bridgehead atoms. The number of hydrogen-bond donors (Lipinski definition) is 4. The third-order valence-corrected chi connectivity index (χ3v) is 3.08. The maximum Gasteiger partial charge on any atom is 0.189 e. The van der Waals surface area contributed by atoms with E-state index in [-0.39, 0.29) is 0 Å². The molecule has 13 nitrogen and oxygen atoms in total.